The molecule has 1 aliphatic heterocycles. The fourth-order valence-electron chi connectivity index (χ4n) is 2.45. The number of carboxylic acids is 1. The van der Waals surface area contributed by atoms with Crippen molar-refractivity contribution in [3.05, 3.63) is 34.6 Å². The van der Waals surface area contributed by atoms with Crippen molar-refractivity contribution in [2.24, 2.45) is 0 Å². The molecule has 0 bridgehead atoms. The summed E-state index contributed by atoms with van der Waals surface area (Å²) in [4.78, 5) is 11.3. The topological polar surface area (TPSA) is 49.3 Å². The highest BCUT2D eigenvalue weighted by molar-refractivity contribution is 5.77. The van der Waals surface area contributed by atoms with Crippen LogP contribution in [0.3, 0.4) is 0 Å². The van der Waals surface area contributed by atoms with E-state index in [1.54, 1.807) is 6.07 Å². The summed E-state index contributed by atoms with van der Waals surface area (Å²) >= 11 is 0. The number of carboxylic acid groups (broad SMARTS) is 1. The Morgan fingerprint density at radius 2 is 2.29 bits per heavy atom. The molecule has 1 aliphatic rings. The summed E-state index contributed by atoms with van der Waals surface area (Å²) in [6.07, 6.45) is 1.35. The Balaban J connectivity index is 2.55. The number of carbonyl (C=O) groups is 1. The van der Waals surface area contributed by atoms with Gasteiger partial charge in [-0.1, -0.05) is 13.0 Å². The molecular weight excluding hydrogens is 221 g/mol. The maximum absolute atomic E-state index is 13.8. The summed E-state index contributed by atoms with van der Waals surface area (Å²) in [6, 6.07) is 2.29. The molecule has 2 rings (SSSR count). The van der Waals surface area contributed by atoms with Gasteiger partial charge in [-0.15, -0.1) is 0 Å². The van der Waals surface area contributed by atoms with Crippen LogP contribution in [0.5, 0.6) is 0 Å². The van der Waals surface area contributed by atoms with Crippen molar-refractivity contribution in [2.75, 3.05) is 0 Å². The van der Waals surface area contributed by atoms with E-state index in [0.717, 1.165) is 12.0 Å². The van der Waals surface area contributed by atoms with Gasteiger partial charge >= 0.3 is 5.97 Å². The standard InChI is InChI=1S/C13H16FNO2/c1-3-8-6-9-10(14)5-4-7(2)11(9)12(15-8)13(16)17/h4-5,8,12,15H,3,6H2,1-2H3,(H,16,17). The first-order valence-electron chi connectivity index (χ1n) is 5.81. The lowest BCUT2D eigenvalue weighted by Crippen LogP contribution is -2.43. The van der Waals surface area contributed by atoms with E-state index < -0.39 is 12.0 Å². The van der Waals surface area contributed by atoms with Crippen LogP contribution in [0.4, 0.5) is 4.39 Å². The third-order valence-corrected chi connectivity index (χ3v) is 3.40. The van der Waals surface area contributed by atoms with Crippen LogP contribution in [-0.2, 0) is 11.2 Å². The molecule has 0 saturated heterocycles. The molecule has 3 nitrogen and oxygen atoms in total. The number of hydrogen-bond acceptors (Lipinski definition) is 2. The molecule has 0 amide bonds. The Labute approximate surface area is 99.7 Å². The molecule has 0 radical (unpaired) electrons. The van der Waals surface area contributed by atoms with Gasteiger partial charge in [0.15, 0.2) is 0 Å². The van der Waals surface area contributed by atoms with E-state index in [0.29, 0.717) is 17.5 Å². The predicted molar refractivity (Wildman–Crippen MR) is 62.4 cm³/mol. The first-order valence-corrected chi connectivity index (χ1v) is 5.81. The van der Waals surface area contributed by atoms with E-state index in [1.165, 1.54) is 6.07 Å². The van der Waals surface area contributed by atoms with Crippen LogP contribution < -0.4 is 5.32 Å². The van der Waals surface area contributed by atoms with Gasteiger partial charge in [-0.2, -0.15) is 0 Å². The van der Waals surface area contributed by atoms with E-state index in [2.05, 4.69) is 5.32 Å². The lowest BCUT2D eigenvalue weighted by atomic mass is 9.86. The smallest absolute Gasteiger partial charge is 0.325 e. The number of benzene rings is 1. The molecule has 4 heteroatoms. The lowest BCUT2D eigenvalue weighted by molar-refractivity contribution is -0.140. The van der Waals surface area contributed by atoms with Crippen LogP contribution in [-0.4, -0.2) is 17.1 Å². The van der Waals surface area contributed by atoms with Crippen LogP contribution in [0, 0.1) is 12.7 Å². The van der Waals surface area contributed by atoms with Gasteiger partial charge in [0, 0.05) is 6.04 Å². The number of halogens is 1. The number of hydrogen-bond donors (Lipinski definition) is 2. The van der Waals surface area contributed by atoms with Crippen LogP contribution in [0.2, 0.25) is 0 Å². The second-order valence-electron chi connectivity index (χ2n) is 4.50. The minimum atomic E-state index is -0.946. The quantitative estimate of drug-likeness (QED) is 0.829. The zero-order valence-corrected chi connectivity index (χ0v) is 9.96. The molecule has 2 unspecified atom stereocenters. The molecule has 0 saturated carbocycles. The molecule has 0 aromatic heterocycles. The Morgan fingerprint density at radius 3 is 2.88 bits per heavy atom. The second-order valence-corrected chi connectivity index (χ2v) is 4.50. The molecule has 0 spiro atoms. The van der Waals surface area contributed by atoms with Crippen LogP contribution in [0.25, 0.3) is 0 Å². The molecule has 0 fully saturated rings. The Bertz CT molecular complexity index is 459. The highest BCUT2D eigenvalue weighted by atomic mass is 19.1. The molecule has 17 heavy (non-hydrogen) atoms. The van der Waals surface area contributed by atoms with Crippen LogP contribution >= 0.6 is 0 Å². The number of nitrogens with one attached hydrogen (secondary N) is 1. The lowest BCUT2D eigenvalue weighted by Gasteiger charge is -2.31. The Morgan fingerprint density at radius 1 is 1.59 bits per heavy atom. The van der Waals surface area contributed by atoms with Gasteiger partial charge in [0.05, 0.1) is 0 Å². The SMILES string of the molecule is CCC1Cc2c(F)ccc(C)c2C(C(=O)O)N1. The molecular formula is C13H16FNO2. The molecule has 1 heterocycles. The van der Waals surface area contributed by atoms with E-state index in [4.69, 9.17) is 0 Å². The van der Waals surface area contributed by atoms with Crippen molar-refractivity contribution < 1.29 is 14.3 Å². The van der Waals surface area contributed by atoms with Gasteiger partial charge in [-0.25, -0.2) is 4.39 Å². The van der Waals surface area contributed by atoms with Gasteiger partial charge in [0.25, 0.3) is 0 Å². The van der Waals surface area contributed by atoms with Crippen LogP contribution in [0.15, 0.2) is 12.1 Å². The average Bonchev–Trinajstić information content (AvgIpc) is 2.32. The van der Waals surface area contributed by atoms with Gasteiger partial charge in [0.1, 0.15) is 11.9 Å². The highest BCUT2D eigenvalue weighted by Gasteiger charge is 2.33. The third-order valence-electron chi connectivity index (χ3n) is 3.40. The second kappa shape index (κ2) is 4.45. The number of rotatable bonds is 2. The van der Waals surface area contributed by atoms with E-state index in [9.17, 15) is 14.3 Å². The van der Waals surface area contributed by atoms with Crippen molar-refractivity contribution in [3.63, 3.8) is 0 Å². The maximum Gasteiger partial charge on any atom is 0.325 e. The van der Waals surface area contributed by atoms with Crippen molar-refractivity contribution >= 4 is 5.97 Å². The Kier molecular flexibility index (Phi) is 3.15. The molecule has 2 N–H and O–H groups in total. The first-order chi connectivity index (χ1) is 8.04. The van der Waals surface area contributed by atoms with Gasteiger partial charge in [-0.05, 0) is 42.5 Å². The maximum atomic E-state index is 13.8. The van der Waals surface area contributed by atoms with Crippen molar-refractivity contribution in [1.82, 2.24) is 5.32 Å². The first kappa shape index (κ1) is 12.0. The fourth-order valence-corrected chi connectivity index (χ4v) is 2.45. The van der Waals surface area contributed by atoms with Gasteiger partial charge < -0.3 is 5.11 Å². The van der Waals surface area contributed by atoms with Gasteiger partial charge in [0.2, 0.25) is 0 Å². The number of aryl methyl sites for hydroxylation is 1. The van der Waals surface area contributed by atoms with Crippen molar-refractivity contribution in [2.45, 2.75) is 38.8 Å². The minimum Gasteiger partial charge on any atom is -0.480 e. The largest absolute Gasteiger partial charge is 0.480 e. The van der Waals surface area contributed by atoms with E-state index in [1.807, 2.05) is 13.8 Å². The molecule has 0 aliphatic carbocycles. The molecule has 2 atom stereocenters. The molecule has 1 aromatic rings. The summed E-state index contributed by atoms with van der Waals surface area (Å²) in [6.45, 7) is 3.79. The van der Waals surface area contributed by atoms with Crippen LogP contribution in [0.1, 0.15) is 36.1 Å². The third kappa shape index (κ3) is 2.05. The molecule has 92 valence electrons. The summed E-state index contributed by atoms with van der Waals surface area (Å²) in [5.74, 6) is -1.24. The summed E-state index contributed by atoms with van der Waals surface area (Å²) in [5.41, 5.74) is 1.99. The minimum absolute atomic E-state index is 0.0277. The number of fused-ring (bicyclic) bond motifs is 1. The summed E-state index contributed by atoms with van der Waals surface area (Å²) in [5, 5.41) is 12.3. The predicted octanol–water partition coefficient (Wildman–Crippen LogP) is 2.18. The molecule has 1 aromatic carbocycles. The Hall–Kier alpha value is -1.42. The number of aliphatic carboxylic acids is 1. The van der Waals surface area contributed by atoms with Crippen molar-refractivity contribution in [3.8, 4) is 0 Å². The fraction of sp³-hybridized carbons (Fsp3) is 0.462. The zero-order chi connectivity index (χ0) is 12.6. The highest BCUT2D eigenvalue weighted by Crippen LogP contribution is 2.31. The summed E-state index contributed by atoms with van der Waals surface area (Å²) < 4.78 is 13.8. The average molecular weight is 237 g/mol. The van der Waals surface area contributed by atoms with Gasteiger partial charge in [-0.3, -0.25) is 10.1 Å². The summed E-state index contributed by atoms with van der Waals surface area (Å²) in [7, 11) is 0. The van der Waals surface area contributed by atoms with E-state index >= 15 is 0 Å². The monoisotopic (exact) mass is 237 g/mol. The normalized spacial score (nSPS) is 23.2. The van der Waals surface area contributed by atoms with E-state index in [-0.39, 0.29) is 11.9 Å². The zero-order valence-electron chi connectivity index (χ0n) is 9.96. The van der Waals surface area contributed by atoms with Crippen molar-refractivity contribution in [1.29, 1.82) is 0 Å².